The van der Waals surface area contributed by atoms with Gasteiger partial charge >= 0.3 is 23.9 Å². The number of unbranched alkanes of at least 4 members (excludes halogenated alkanes) is 4. The minimum atomic E-state index is -0.449. The maximum absolute atomic E-state index is 12.6. The van der Waals surface area contributed by atoms with Crippen LogP contribution in [0.2, 0.25) is 0 Å². The van der Waals surface area contributed by atoms with Crippen LogP contribution >= 0.6 is 0 Å². The molecule has 0 bridgehead atoms. The van der Waals surface area contributed by atoms with E-state index < -0.39 is 23.9 Å². The first-order valence-electron chi connectivity index (χ1n) is 17.3. The van der Waals surface area contributed by atoms with E-state index in [0.717, 1.165) is 61.8 Å². The van der Waals surface area contributed by atoms with Crippen LogP contribution in [-0.2, 0) is 41.4 Å². The van der Waals surface area contributed by atoms with Gasteiger partial charge in [0.15, 0.2) is 0 Å². The van der Waals surface area contributed by atoms with Gasteiger partial charge in [-0.3, -0.25) is 0 Å². The fourth-order valence-electron chi connectivity index (χ4n) is 4.82. The van der Waals surface area contributed by atoms with Crippen molar-refractivity contribution in [3.63, 3.8) is 0 Å². The first-order chi connectivity index (χ1) is 25.3. The van der Waals surface area contributed by atoms with E-state index in [1.54, 1.807) is 48.5 Å². The van der Waals surface area contributed by atoms with Crippen molar-refractivity contribution >= 4 is 30.1 Å². The minimum absolute atomic E-state index is 0.149. The zero-order chi connectivity index (χ0) is 37.4. The molecule has 0 unspecified atom stereocenters. The van der Waals surface area contributed by atoms with Crippen LogP contribution in [0, 0.1) is 5.41 Å². The molecule has 1 N–H and O–H groups in total. The number of benzene rings is 3. The molecule has 0 saturated heterocycles. The second-order valence-electron chi connectivity index (χ2n) is 11.6. The molecular weight excluding hydrogens is 666 g/mol. The van der Waals surface area contributed by atoms with Crippen LogP contribution in [0.3, 0.4) is 0 Å². The topological polar surface area (TPSA) is 148 Å². The Kier molecular flexibility index (Phi) is 18.5. The van der Waals surface area contributed by atoms with Crippen molar-refractivity contribution in [3.05, 3.63) is 120 Å². The molecule has 52 heavy (non-hydrogen) atoms. The predicted octanol–water partition coefficient (Wildman–Crippen LogP) is 7.04. The lowest BCUT2D eigenvalue weighted by atomic mass is 10.0. The fraction of sp³-hybridized carbons (Fsp3) is 0.341. The van der Waals surface area contributed by atoms with Crippen molar-refractivity contribution in [2.24, 2.45) is 0 Å². The second kappa shape index (κ2) is 23.7. The second-order valence-corrected chi connectivity index (χ2v) is 11.6. The third-order valence-corrected chi connectivity index (χ3v) is 7.71. The third-order valence-electron chi connectivity index (χ3n) is 7.71. The molecule has 0 saturated carbocycles. The van der Waals surface area contributed by atoms with Gasteiger partial charge < -0.3 is 33.8 Å². The first kappa shape index (κ1) is 40.7. The average molecular weight is 714 g/mol. The molecule has 0 aliphatic carbocycles. The molecule has 0 aliphatic heterocycles. The summed E-state index contributed by atoms with van der Waals surface area (Å²) in [5.41, 5.74) is 3.30. The number of ether oxygens (including phenoxy) is 6. The van der Waals surface area contributed by atoms with Crippen LogP contribution in [0.4, 0.5) is 0 Å². The van der Waals surface area contributed by atoms with E-state index in [2.05, 4.69) is 13.2 Å². The molecule has 0 atom stereocenters. The molecule has 276 valence electrons. The van der Waals surface area contributed by atoms with Gasteiger partial charge in [-0.2, -0.15) is 0 Å². The SMILES string of the molecule is C=CC(=O)OCCCCCOc1ccc(C(=O)OCCc2ccc(CCOC(=O)c3ccc(OCCCCCOC(=O)C=C)cc3)c(C=N)c2)cc1. The number of hydrogen-bond acceptors (Lipinski definition) is 11. The van der Waals surface area contributed by atoms with E-state index in [1.165, 1.54) is 6.21 Å². The van der Waals surface area contributed by atoms with Crippen molar-refractivity contribution in [2.45, 2.75) is 51.4 Å². The molecule has 3 rings (SSSR count). The van der Waals surface area contributed by atoms with Crippen LogP contribution in [0.5, 0.6) is 11.5 Å². The van der Waals surface area contributed by atoms with Gasteiger partial charge in [0.1, 0.15) is 11.5 Å². The van der Waals surface area contributed by atoms with Gasteiger partial charge in [0, 0.05) is 31.2 Å². The Labute approximate surface area is 305 Å². The molecule has 0 aromatic heterocycles. The summed E-state index contributed by atoms with van der Waals surface area (Å²) in [6.07, 6.45) is 9.26. The number of carbonyl (C=O) groups is 4. The summed E-state index contributed by atoms with van der Waals surface area (Å²) in [5.74, 6) is -0.438. The largest absolute Gasteiger partial charge is 0.494 e. The van der Waals surface area contributed by atoms with E-state index in [1.807, 2.05) is 18.2 Å². The Morgan fingerprint density at radius 2 is 1.00 bits per heavy atom. The average Bonchev–Trinajstić information content (AvgIpc) is 3.17. The zero-order valence-electron chi connectivity index (χ0n) is 29.5. The Morgan fingerprint density at radius 1 is 0.538 bits per heavy atom. The van der Waals surface area contributed by atoms with Gasteiger partial charge in [-0.05, 0) is 110 Å². The maximum atomic E-state index is 12.6. The Bertz CT molecular complexity index is 1620. The monoisotopic (exact) mass is 713 g/mol. The molecule has 0 spiro atoms. The molecule has 11 nitrogen and oxygen atoms in total. The minimum Gasteiger partial charge on any atom is -0.494 e. The summed E-state index contributed by atoms with van der Waals surface area (Å²) in [5, 5.41) is 7.86. The fourth-order valence-corrected chi connectivity index (χ4v) is 4.82. The molecule has 3 aromatic carbocycles. The van der Waals surface area contributed by atoms with Crippen LogP contribution in [0.15, 0.2) is 92.0 Å². The summed E-state index contributed by atoms with van der Waals surface area (Å²) in [6, 6.07) is 19.2. The van der Waals surface area contributed by atoms with Crippen LogP contribution < -0.4 is 9.47 Å². The lowest BCUT2D eigenvalue weighted by molar-refractivity contribution is -0.138. The van der Waals surface area contributed by atoms with Gasteiger partial charge in [0.2, 0.25) is 0 Å². The number of nitrogens with one attached hydrogen (secondary N) is 1. The van der Waals surface area contributed by atoms with Crippen molar-refractivity contribution in [2.75, 3.05) is 39.6 Å². The number of hydrogen-bond donors (Lipinski definition) is 1. The molecule has 11 heteroatoms. The summed E-state index contributed by atoms with van der Waals surface area (Å²) in [6.45, 7) is 8.76. The summed E-state index contributed by atoms with van der Waals surface area (Å²) >= 11 is 0. The molecule has 0 heterocycles. The normalized spacial score (nSPS) is 10.4. The Morgan fingerprint density at radius 3 is 1.46 bits per heavy atom. The molecule has 0 aliphatic rings. The summed E-state index contributed by atoms with van der Waals surface area (Å²) in [7, 11) is 0. The van der Waals surface area contributed by atoms with Gasteiger partial charge in [0.25, 0.3) is 0 Å². The third kappa shape index (κ3) is 15.5. The van der Waals surface area contributed by atoms with Gasteiger partial charge in [0.05, 0.1) is 50.8 Å². The van der Waals surface area contributed by atoms with Crippen molar-refractivity contribution in [3.8, 4) is 11.5 Å². The number of rotatable bonds is 25. The van der Waals surface area contributed by atoms with Crippen molar-refractivity contribution in [1.82, 2.24) is 0 Å². The van der Waals surface area contributed by atoms with Gasteiger partial charge in [-0.25, -0.2) is 19.2 Å². The van der Waals surface area contributed by atoms with Crippen LogP contribution in [0.1, 0.15) is 75.9 Å². The highest BCUT2D eigenvalue weighted by Crippen LogP contribution is 2.17. The summed E-state index contributed by atoms with van der Waals surface area (Å²) in [4.78, 5) is 47.2. The smallest absolute Gasteiger partial charge is 0.338 e. The van der Waals surface area contributed by atoms with E-state index in [0.29, 0.717) is 67.5 Å². The predicted molar refractivity (Wildman–Crippen MR) is 196 cm³/mol. The first-order valence-corrected chi connectivity index (χ1v) is 17.3. The van der Waals surface area contributed by atoms with Gasteiger partial charge in [-0.1, -0.05) is 25.3 Å². The molecule has 0 radical (unpaired) electrons. The molecule has 0 fully saturated rings. The quantitative estimate of drug-likeness (QED) is 0.0319. The standard InChI is InChI=1S/C41H47NO10/c1-3-38(43)49-25-9-5-7-23-47-36-17-13-33(14-18-36)40(45)51-27-21-31-11-12-32(35(29-31)30-42)22-28-52-41(46)34-15-19-37(20-16-34)48-24-8-6-10-26-50-39(44)4-2/h3-4,11-20,29-30,42H,1-2,5-10,21-28H2. The highest BCUT2D eigenvalue weighted by Gasteiger charge is 2.11. The van der Waals surface area contributed by atoms with Crippen molar-refractivity contribution in [1.29, 1.82) is 5.41 Å². The van der Waals surface area contributed by atoms with E-state index in [9.17, 15) is 19.2 Å². The molecular formula is C41H47NO10. The lowest BCUT2D eigenvalue weighted by Gasteiger charge is -2.11. The highest BCUT2D eigenvalue weighted by molar-refractivity contribution is 5.90. The van der Waals surface area contributed by atoms with Crippen LogP contribution in [0.25, 0.3) is 0 Å². The van der Waals surface area contributed by atoms with E-state index >= 15 is 0 Å². The maximum Gasteiger partial charge on any atom is 0.338 e. The van der Waals surface area contributed by atoms with Crippen molar-refractivity contribution < 1.29 is 47.6 Å². The Hall–Kier alpha value is -5.71. The summed E-state index contributed by atoms with van der Waals surface area (Å²) < 4.78 is 32.2. The number of carbonyl (C=O) groups excluding carboxylic acids is 4. The highest BCUT2D eigenvalue weighted by atomic mass is 16.5. The molecule has 3 aromatic rings. The van der Waals surface area contributed by atoms with E-state index in [-0.39, 0.29) is 13.2 Å². The molecule has 0 amide bonds. The zero-order valence-corrected chi connectivity index (χ0v) is 29.5. The van der Waals surface area contributed by atoms with Gasteiger partial charge in [-0.15, -0.1) is 0 Å². The Balaban J connectivity index is 1.32. The van der Waals surface area contributed by atoms with Crippen LogP contribution in [-0.4, -0.2) is 69.7 Å². The lowest BCUT2D eigenvalue weighted by Crippen LogP contribution is -2.10. The number of esters is 4. The van der Waals surface area contributed by atoms with E-state index in [4.69, 9.17) is 33.8 Å².